The van der Waals surface area contributed by atoms with Crippen LogP contribution >= 0.6 is 0 Å². The highest BCUT2D eigenvalue weighted by Crippen LogP contribution is 2.33. The molecule has 2 aromatic rings. The molecule has 2 amide bonds. The molecule has 1 aromatic carbocycles. The van der Waals surface area contributed by atoms with Gasteiger partial charge >= 0.3 is 0 Å². The van der Waals surface area contributed by atoms with E-state index in [1.54, 1.807) is 19.2 Å². The van der Waals surface area contributed by atoms with Gasteiger partial charge in [0.15, 0.2) is 0 Å². The van der Waals surface area contributed by atoms with E-state index in [1.807, 2.05) is 45.9 Å². The number of nitrogens with one attached hydrogen (secondary N) is 3. The highest BCUT2D eigenvalue weighted by Gasteiger charge is 2.32. The van der Waals surface area contributed by atoms with Crippen LogP contribution in [0.2, 0.25) is 0 Å². The molecule has 0 spiro atoms. The van der Waals surface area contributed by atoms with Crippen molar-refractivity contribution in [1.29, 1.82) is 5.26 Å². The minimum atomic E-state index is -0.259. The van der Waals surface area contributed by atoms with E-state index in [-0.39, 0.29) is 17.7 Å². The zero-order valence-electron chi connectivity index (χ0n) is 31.0. The maximum atomic E-state index is 12.7. The van der Waals surface area contributed by atoms with E-state index in [2.05, 4.69) is 87.7 Å². The molecule has 266 valence electrons. The molecule has 0 unspecified atom stereocenters. The molecule has 5 rings (SSSR count). The normalized spacial score (nSPS) is 15.8. The first-order valence-electron chi connectivity index (χ1n) is 18.0. The summed E-state index contributed by atoms with van der Waals surface area (Å²) in [6.45, 7) is 19.8. The average molecular weight is 678 g/mol. The van der Waals surface area contributed by atoms with Gasteiger partial charge in [-0.1, -0.05) is 89.6 Å². The number of rotatable bonds is 13. The van der Waals surface area contributed by atoms with Gasteiger partial charge < -0.3 is 20.9 Å². The fraction of sp³-hybridized carbons (Fsp3) is 0.415. The number of aromatic nitrogens is 1. The van der Waals surface area contributed by atoms with E-state index in [0.717, 1.165) is 74.2 Å². The summed E-state index contributed by atoms with van der Waals surface area (Å²) in [5, 5.41) is 18.0. The van der Waals surface area contributed by atoms with Gasteiger partial charge in [-0.25, -0.2) is 4.98 Å². The predicted molar refractivity (Wildman–Crippen MR) is 207 cm³/mol. The van der Waals surface area contributed by atoms with Crippen molar-refractivity contribution in [3.8, 4) is 6.07 Å². The van der Waals surface area contributed by atoms with E-state index in [0.29, 0.717) is 28.7 Å². The first-order chi connectivity index (χ1) is 24.3. The SMILES string of the molecule is C=C(C#N)/C=C\C=C(/CCC)CN1CC(N2C=C(c3cccc(Nc4cc(NC(=O)C5CC5)ncc4C(=O)NC)c3C)C=CC2)C1.CC.CC. The summed E-state index contributed by atoms with van der Waals surface area (Å²) in [7, 11) is 1.59. The molecule has 0 atom stereocenters. The lowest BCUT2D eigenvalue weighted by molar-refractivity contribution is -0.117. The molecule has 0 radical (unpaired) electrons. The fourth-order valence-electron chi connectivity index (χ4n) is 5.78. The average Bonchev–Trinajstić information content (AvgIpc) is 3.98. The van der Waals surface area contributed by atoms with Crippen LogP contribution in [-0.2, 0) is 4.79 Å². The zero-order valence-corrected chi connectivity index (χ0v) is 31.0. The summed E-state index contributed by atoms with van der Waals surface area (Å²) < 4.78 is 0. The molecule has 2 aliphatic heterocycles. The Labute approximate surface area is 299 Å². The molecular formula is C41H55N7O2. The molecule has 3 aliphatic rings. The summed E-state index contributed by atoms with van der Waals surface area (Å²) in [4.78, 5) is 34.3. The van der Waals surface area contributed by atoms with Crippen molar-refractivity contribution in [3.63, 3.8) is 0 Å². The number of nitrogens with zero attached hydrogens (tertiary/aromatic N) is 4. The molecule has 1 aliphatic carbocycles. The Kier molecular flexibility index (Phi) is 15.7. The maximum Gasteiger partial charge on any atom is 0.254 e. The molecule has 50 heavy (non-hydrogen) atoms. The quantitative estimate of drug-likeness (QED) is 0.145. The molecule has 9 heteroatoms. The molecule has 1 saturated heterocycles. The van der Waals surface area contributed by atoms with Crippen LogP contribution in [0.4, 0.5) is 17.2 Å². The van der Waals surface area contributed by atoms with E-state index < -0.39 is 0 Å². The van der Waals surface area contributed by atoms with Crippen molar-refractivity contribution in [1.82, 2.24) is 20.1 Å². The Bertz CT molecular complexity index is 1650. The Balaban J connectivity index is 0.00000163. The van der Waals surface area contributed by atoms with Crippen LogP contribution in [0.3, 0.4) is 0 Å². The second-order valence-electron chi connectivity index (χ2n) is 12.2. The standard InChI is InChI=1S/C37H43N7O2.2C2H6/c1-5-9-27(11-6-10-25(2)19-38)21-43-23-30(24-43)44-17-8-12-29(22-44)31-13-7-14-33(26(31)3)41-34-18-35(42-36(45)28-15-16-28)40-20-32(34)37(46)39-4;2*1-2/h6-8,10-14,18,20,22,28,30H,2,5,9,15-17,21,23-24H2,1,3-4H3,(H,39,46)(H2,40,41,42,45);2*1-2H3/b10-6-,27-11+;;. The van der Waals surface area contributed by atoms with Gasteiger partial charge in [-0.3, -0.25) is 14.5 Å². The topological polar surface area (TPSA) is 113 Å². The third-order valence-electron chi connectivity index (χ3n) is 8.59. The van der Waals surface area contributed by atoms with E-state index >= 15 is 0 Å². The molecular weight excluding hydrogens is 622 g/mol. The minimum absolute atomic E-state index is 0.0341. The molecule has 3 heterocycles. The van der Waals surface area contributed by atoms with E-state index in [9.17, 15) is 9.59 Å². The van der Waals surface area contributed by atoms with Crippen molar-refractivity contribution in [2.45, 2.75) is 73.3 Å². The summed E-state index contributed by atoms with van der Waals surface area (Å²) in [6, 6.07) is 10.4. The largest absolute Gasteiger partial charge is 0.368 e. The second kappa shape index (κ2) is 19.9. The lowest BCUT2D eigenvalue weighted by Gasteiger charge is -2.46. The van der Waals surface area contributed by atoms with Crippen molar-refractivity contribution in [3.05, 3.63) is 101 Å². The first-order valence-corrected chi connectivity index (χ1v) is 18.0. The number of allylic oxidation sites excluding steroid dienone is 6. The third kappa shape index (κ3) is 10.8. The molecule has 1 aromatic heterocycles. The van der Waals surface area contributed by atoms with Crippen LogP contribution in [0.25, 0.3) is 5.57 Å². The Hall–Kier alpha value is -4.94. The van der Waals surface area contributed by atoms with Gasteiger partial charge in [0, 0.05) is 68.9 Å². The summed E-state index contributed by atoms with van der Waals surface area (Å²) in [6.07, 6.45) is 17.9. The van der Waals surface area contributed by atoms with Gasteiger partial charge in [-0.15, -0.1) is 0 Å². The summed E-state index contributed by atoms with van der Waals surface area (Å²) in [5.41, 5.74) is 6.98. The monoisotopic (exact) mass is 677 g/mol. The number of anilines is 3. The van der Waals surface area contributed by atoms with Crippen molar-refractivity contribution in [2.24, 2.45) is 5.92 Å². The lowest BCUT2D eigenvalue weighted by atomic mass is 9.96. The number of likely N-dealkylation sites (tertiary alicyclic amines) is 1. The maximum absolute atomic E-state index is 12.7. The molecule has 3 N–H and O–H groups in total. The first kappa shape index (κ1) is 39.5. The van der Waals surface area contributed by atoms with E-state index in [1.165, 1.54) is 11.8 Å². The number of hydrogen-bond acceptors (Lipinski definition) is 7. The lowest BCUT2D eigenvalue weighted by Crippen LogP contribution is -2.58. The van der Waals surface area contributed by atoms with E-state index in [4.69, 9.17) is 5.26 Å². The number of benzene rings is 1. The molecule has 0 bridgehead atoms. The molecule has 2 fully saturated rings. The fourth-order valence-corrected chi connectivity index (χ4v) is 5.78. The van der Waals surface area contributed by atoms with Crippen LogP contribution in [0.15, 0.2) is 84.8 Å². The Morgan fingerprint density at radius 2 is 1.88 bits per heavy atom. The van der Waals surface area contributed by atoms with Crippen molar-refractivity contribution in [2.75, 3.05) is 43.9 Å². The number of pyridine rings is 1. The molecule has 9 nitrogen and oxygen atoms in total. The van der Waals surface area contributed by atoms with Crippen molar-refractivity contribution < 1.29 is 9.59 Å². The van der Waals surface area contributed by atoms with Crippen LogP contribution in [0, 0.1) is 24.2 Å². The number of amides is 2. The van der Waals surface area contributed by atoms with Crippen LogP contribution in [0.1, 0.15) is 81.8 Å². The van der Waals surface area contributed by atoms with Gasteiger partial charge in [-0.05, 0) is 55.0 Å². The zero-order chi connectivity index (χ0) is 36.6. The van der Waals surface area contributed by atoms with Gasteiger partial charge in [0.25, 0.3) is 5.91 Å². The summed E-state index contributed by atoms with van der Waals surface area (Å²) >= 11 is 0. The number of hydrogen-bond donors (Lipinski definition) is 3. The van der Waals surface area contributed by atoms with Gasteiger partial charge in [0.2, 0.25) is 5.91 Å². The van der Waals surface area contributed by atoms with Gasteiger partial charge in [-0.2, -0.15) is 5.26 Å². The van der Waals surface area contributed by atoms with Gasteiger partial charge in [0.1, 0.15) is 5.82 Å². The minimum Gasteiger partial charge on any atom is -0.368 e. The number of carbonyl (C=O) groups is 2. The predicted octanol–water partition coefficient (Wildman–Crippen LogP) is 8.15. The van der Waals surface area contributed by atoms with Crippen LogP contribution in [-0.4, -0.2) is 65.9 Å². The van der Waals surface area contributed by atoms with Crippen molar-refractivity contribution >= 4 is 34.6 Å². The van der Waals surface area contributed by atoms with Gasteiger partial charge in [0.05, 0.1) is 23.4 Å². The van der Waals surface area contributed by atoms with Crippen LogP contribution in [0.5, 0.6) is 0 Å². The van der Waals surface area contributed by atoms with Crippen LogP contribution < -0.4 is 16.0 Å². The summed E-state index contributed by atoms with van der Waals surface area (Å²) in [5.74, 6) is 0.177. The Morgan fingerprint density at radius 1 is 1.14 bits per heavy atom. The second-order valence-corrected chi connectivity index (χ2v) is 12.2. The third-order valence-corrected chi connectivity index (χ3v) is 8.59. The highest BCUT2D eigenvalue weighted by atomic mass is 16.2. The smallest absolute Gasteiger partial charge is 0.254 e. The highest BCUT2D eigenvalue weighted by molar-refractivity contribution is 6.01. The number of nitriles is 1. The Morgan fingerprint density at radius 3 is 2.54 bits per heavy atom. The molecule has 1 saturated carbocycles. The number of carbonyl (C=O) groups excluding carboxylic acids is 2.